The normalized spacial score (nSPS) is 11.4. The molecule has 2 aromatic carbocycles. The number of methoxy groups -OCH3 is 1. The summed E-state index contributed by atoms with van der Waals surface area (Å²) in [6, 6.07) is 14.1. The molecule has 0 aliphatic heterocycles. The molecule has 1 unspecified atom stereocenters. The van der Waals surface area contributed by atoms with Gasteiger partial charge in [-0.1, -0.05) is 18.2 Å². The highest BCUT2D eigenvalue weighted by atomic mass is 16.5. The van der Waals surface area contributed by atoms with Crippen LogP contribution in [0, 0.1) is 6.92 Å². The first-order valence-corrected chi connectivity index (χ1v) is 7.45. The first-order chi connectivity index (χ1) is 11.5. The van der Waals surface area contributed by atoms with Crippen LogP contribution in [-0.4, -0.2) is 25.0 Å². The number of carbonyl (C=O) groups excluding carboxylic acids is 2. The highest BCUT2D eigenvalue weighted by molar-refractivity contribution is 5.95. The van der Waals surface area contributed by atoms with Crippen molar-refractivity contribution in [2.75, 3.05) is 12.4 Å². The summed E-state index contributed by atoms with van der Waals surface area (Å²) in [5.74, 6) is 0.131. The van der Waals surface area contributed by atoms with Gasteiger partial charge in [-0.05, 0) is 42.8 Å². The molecule has 0 heterocycles. The molecule has 0 bridgehead atoms. The number of hydrogen-bond acceptors (Lipinski definition) is 4. The summed E-state index contributed by atoms with van der Waals surface area (Å²) in [7, 11) is 1.57. The number of nitrogens with two attached hydrogens (primary N) is 1. The first-order valence-electron chi connectivity index (χ1n) is 7.45. The summed E-state index contributed by atoms with van der Waals surface area (Å²) in [4.78, 5) is 23.7. The monoisotopic (exact) mass is 328 g/mol. The Labute approximate surface area is 140 Å². The molecule has 0 saturated carbocycles. The average molecular weight is 328 g/mol. The van der Waals surface area contributed by atoms with Crippen molar-refractivity contribution in [3.8, 4) is 11.5 Å². The quantitative estimate of drug-likeness (QED) is 0.816. The Morgan fingerprint density at radius 2 is 1.83 bits per heavy atom. The summed E-state index contributed by atoms with van der Waals surface area (Å²) in [5.41, 5.74) is 6.83. The molecule has 6 nitrogen and oxygen atoms in total. The van der Waals surface area contributed by atoms with Gasteiger partial charge in [-0.3, -0.25) is 9.59 Å². The summed E-state index contributed by atoms with van der Waals surface area (Å²) in [5, 5.41) is 2.75. The number of rotatable bonds is 7. The van der Waals surface area contributed by atoms with E-state index in [9.17, 15) is 9.59 Å². The number of hydrogen-bond donors (Lipinski definition) is 2. The maximum Gasteiger partial charge on any atom is 0.259 e. The van der Waals surface area contributed by atoms with E-state index in [2.05, 4.69) is 5.32 Å². The van der Waals surface area contributed by atoms with E-state index < -0.39 is 12.0 Å². The van der Waals surface area contributed by atoms with Crippen LogP contribution < -0.4 is 20.5 Å². The Balaban J connectivity index is 2.02. The number of anilines is 1. The molecule has 0 aromatic heterocycles. The molecule has 126 valence electrons. The van der Waals surface area contributed by atoms with Crippen molar-refractivity contribution in [2.45, 2.75) is 19.4 Å². The van der Waals surface area contributed by atoms with Crippen LogP contribution in [0.4, 0.5) is 5.69 Å². The average Bonchev–Trinajstić information content (AvgIpc) is 2.57. The molecule has 0 aliphatic rings. The summed E-state index contributed by atoms with van der Waals surface area (Å²) in [6.45, 7) is 1.85. The van der Waals surface area contributed by atoms with Gasteiger partial charge in [0.05, 0.1) is 13.5 Å². The van der Waals surface area contributed by atoms with Crippen LogP contribution in [0.5, 0.6) is 11.5 Å². The Morgan fingerprint density at radius 1 is 1.12 bits per heavy atom. The van der Waals surface area contributed by atoms with Gasteiger partial charge in [-0.25, -0.2) is 0 Å². The van der Waals surface area contributed by atoms with Crippen molar-refractivity contribution in [3.05, 3.63) is 54.1 Å². The summed E-state index contributed by atoms with van der Waals surface area (Å²) >= 11 is 0. The van der Waals surface area contributed by atoms with E-state index in [-0.39, 0.29) is 12.3 Å². The molecule has 0 spiro atoms. The van der Waals surface area contributed by atoms with Crippen LogP contribution in [-0.2, 0) is 9.59 Å². The van der Waals surface area contributed by atoms with E-state index in [1.165, 1.54) is 0 Å². The fourth-order valence-electron chi connectivity index (χ4n) is 2.14. The maximum atomic E-state index is 12.2. The smallest absolute Gasteiger partial charge is 0.259 e. The van der Waals surface area contributed by atoms with Crippen LogP contribution in [0.1, 0.15) is 12.0 Å². The molecule has 0 fully saturated rings. The van der Waals surface area contributed by atoms with E-state index in [4.69, 9.17) is 15.2 Å². The zero-order valence-corrected chi connectivity index (χ0v) is 13.6. The predicted molar refractivity (Wildman–Crippen MR) is 91.0 cm³/mol. The van der Waals surface area contributed by atoms with Gasteiger partial charge < -0.3 is 20.5 Å². The van der Waals surface area contributed by atoms with Crippen LogP contribution in [0.25, 0.3) is 0 Å². The van der Waals surface area contributed by atoms with E-state index in [0.29, 0.717) is 17.2 Å². The Bertz CT molecular complexity index is 716. The molecule has 6 heteroatoms. The second-order valence-electron chi connectivity index (χ2n) is 5.26. The van der Waals surface area contributed by atoms with Gasteiger partial charge in [0, 0.05) is 5.69 Å². The highest BCUT2D eigenvalue weighted by Gasteiger charge is 2.21. The van der Waals surface area contributed by atoms with Crippen molar-refractivity contribution in [2.24, 2.45) is 5.73 Å². The number of nitrogens with one attached hydrogen (secondary N) is 1. The van der Waals surface area contributed by atoms with Crippen LogP contribution in [0.3, 0.4) is 0 Å². The van der Waals surface area contributed by atoms with Crippen LogP contribution >= 0.6 is 0 Å². The van der Waals surface area contributed by atoms with Gasteiger partial charge in [0.25, 0.3) is 5.91 Å². The lowest BCUT2D eigenvalue weighted by Crippen LogP contribution is -2.37. The number of carbonyl (C=O) groups is 2. The minimum atomic E-state index is -1.04. The van der Waals surface area contributed by atoms with Crippen LogP contribution in [0.2, 0.25) is 0 Å². The molecule has 0 aliphatic carbocycles. The van der Waals surface area contributed by atoms with Crippen molar-refractivity contribution >= 4 is 17.5 Å². The zero-order chi connectivity index (χ0) is 17.5. The molecule has 2 aromatic rings. The number of ether oxygens (including phenoxy) is 2. The summed E-state index contributed by atoms with van der Waals surface area (Å²) < 4.78 is 10.6. The Kier molecular flexibility index (Phi) is 5.78. The molecule has 3 N–H and O–H groups in total. The fraction of sp³-hybridized carbons (Fsp3) is 0.222. The van der Waals surface area contributed by atoms with E-state index in [1.54, 1.807) is 43.5 Å². The molecule has 2 amide bonds. The van der Waals surface area contributed by atoms with Gasteiger partial charge in [0.1, 0.15) is 11.5 Å². The van der Waals surface area contributed by atoms with Crippen molar-refractivity contribution in [1.82, 2.24) is 0 Å². The third kappa shape index (κ3) is 4.74. The molecule has 2 rings (SSSR count). The van der Waals surface area contributed by atoms with Gasteiger partial charge >= 0.3 is 0 Å². The third-order valence-electron chi connectivity index (χ3n) is 3.42. The Hall–Kier alpha value is -3.02. The zero-order valence-electron chi connectivity index (χ0n) is 13.6. The minimum absolute atomic E-state index is 0.171. The van der Waals surface area contributed by atoms with Gasteiger partial charge in [-0.2, -0.15) is 0 Å². The molecule has 0 radical (unpaired) electrons. The molecular formula is C18H20N2O4. The second-order valence-corrected chi connectivity index (χ2v) is 5.26. The highest BCUT2D eigenvalue weighted by Crippen LogP contribution is 2.21. The van der Waals surface area contributed by atoms with E-state index in [0.717, 1.165) is 5.56 Å². The number of aryl methyl sites for hydroxylation is 1. The number of amides is 2. The SMILES string of the molecule is COc1ccc(NC(=O)CC(Oc2ccccc2)C(N)=O)c(C)c1. The fourth-order valence-corrected chi connectivity index (χ4v) is 2.14. The number of para-hydroxylation sites is 1. The third-order valence-corrected chi connectivity index (χ3v) is 3.42. The van der Waals surface area contributed by atoms with Gasteiger partial charge in [0.15, 0.2) is 6.10 Å². The van der Waals surface area contributed by atoms with Gasteiger partial charge in [0.2, 0.25) is 5.91 Å². The maximum absolute atomic E-state index is 12.2. The molecule has 24 heavy (non-hydrogen) atoms. The van der Waals surface area contributed by atoms with Crippen molar-refractivity contribution in [3.63, 3.8) is 0 Å². The van der Waals surface area contributed by atoms with Gasteiger partial charge in [-0.15, -0.1) is 0 Å². The van der Waals surface area contributed by atoms with Crippen molar-refractivity contribution in [1.29, 1.82) is 0 Å². The lowest BCUT2D eigenvalue weighted by atomic mass is 10.1. The molecule has 1 atom stereocenters. The topological polar surface area (TPSA) is 90.7 Å². The number of primary amides is 1. The van der Waals surface area contributed by atoms with E-state index in [1.807, 2.05) is 19.1 Å². The largest absolute Gasteiger partial charge is 0.497 e. The Morgan fingerprint density at radius 3 is 2.42 bits per heavy atom. The predicted octanol–water partition coefficient (Wildman–Crippen LogP) is 2.27. The molecular weight excluding hydrogens is 308 g/mol. The number of benzene rings is 2. The second kappa shape index (κ2) is 8.01. The minimum Gasteiger partial charge on any atom is -0.497 e. The first kappa shape index (κ1) is 17.3. The standard InChI is InChI=1S/C18H20N2O4/c1-12-10-14(23-2)8-9-15(12)20-17(21)11-16(18(19)22)24-13-6-4-3-5-7-13/h3-10,16H,11H2,1-2H3,(H2,19,22)(H,20,21). The van der Waals surface area contributed by atoms with E-state index >= 15 is 0 Å². The molecule has 0 saturated heterocycles. The van der Waals surface area contributed by atoms with Crippen LogP contribution in [0.15, 0.2) is 48.5 Å². The summed E-state index contributed by atoms with van der Waals surface area (Å²) in [6.07, 6.45) is -1.21. The lowest BCUT2D eigenvalue weighted by Gasteiger charge is -2.16. The van der Waals surface area contributed by atoms with Crippen molar-refractivity contribution < 1.29 is 19.1 Å². The lowest BCUT2D eigenvalue weighted by molar-refractivity contribution is -0.129.